The Morgan fingerprint density at radius 1 is 1.27 bits per heavy atom. The van der Waals surface area contributed by atoms with Crippen LogP contribution in [0.2, 0.25) is 0 Å². The van der Waals surface area contributed by atoms with Crippen molar-refractivity contribution < 1.29 is 0 Å². The molecular weight excluding hydrogens is 182 g/mol. The lowest BCUT2D eigenvalue weighted by Gasteiger charge is -2.25. The molecule has 84 valence electrons. The maximum atomic E-state index is 3.26. The van der Waals surface area contributed by atoms with Crippen molar-refractivity contribution in [1.29, 1.82) is 0 Å². The normalized spacial score (nSPS) is 12.1. The summed E-state index contributed by atoms with van der Waals surface area (Å²) < 4.78 is 0. The van der Waals surface area contributed by atoms with Crippen molar-refractivity contribution in [2.24, 2.45) is 0 Å². The molecule has 0 aliphatic heterocycles. The number of benzene rings is 1. The molecule has 0 saturated carbocycles. The molecule has 1 aromatic rings. The molecule has 0 aliphatic rings. The van der Waals surface area contributed by atoms with E-state index in [4.69, 9.17) is 0 Å². The molecule has 15 heavy (non-hydrogen) atoms. The third-order valence-corrected chi connectivity index (χ3v) is 2.95. The van der Waals surface area contributed by atoms with Gasteiger partial charge in [-0.1, -0.05) is 52.0 Å². The fraction of sp³-hybridized carbons (Fsp3) is 0.571. The van der Waals surface area contributed by atoms with Gasteiger partial charge in [0.2, 0.25) is 0 Å². The van der Waals surface area contributed by atoms with Gasteiger partial charge in [0, 0.05) is 12.0 Å². The average molecular weight is 205 g/mol. The first-order valence-corrected chi connectivity index (χ1v) is 5.72. The molecule has 1 heteroatoms. The van der Waals surface area contributed by atoms with Crippen molar-refractivity contribution >= 4 is 0 Å². The molecule has 1 aromatic carbocycles. The smallest absolute Gasteiger partial charge is 0.00401 e. The summed E-state index contributed by atoms with van der Waals surface area (Å²) in [5, 5.41) is 3.26. The Hall–Kier alpha value is -0.820. The van der Waals surface area contributed by atoms with Gasteiger partial charge in [-0.2, -0.15) is 0 Å². The summed E-state index contributed by atoms with van der Waals surface area (Å²) in [6.45, 7) is 10.1. The molecule has 0 aromatic heterocycles. The minimum absolute atomic E-state index is 0.208. The van der Waals surface area contributed by atoms with Crippen molar-refractivity contribution in [3.63, 3.8) is 0 Å². The van der Waals surface area contributed by atoms with Crippen LogP contribution in [-0.2, 0) is 5.41 Å². The highest BCUT2D eigenvalue weighted by atomic mass is 14.8. The van der Waals surface area contributed by atoms with Gasteiger partial charge in [-0.05, 0) is 24.1 Å². The van der Waals surface area contributed by atoms with E-state index in [-0.39, 0.29) is 5.41 Å². The van der Waals surface area contributed by atoms with Crippen molar-refractivity contribution in [2.45, 2.75) is 39.0 Å². The maximum Gasteiger partial charge on any atom is 0.00401 e. The standard InChI is InChI=1S/C14H23N/c1-11(2)12-7-6-8-13(9-12)14(3,4)10-15-5/h6-9,11,15H,10H2,1-5H3. The van der Waals surface area contributed by atoms with Gasteiger partial charge in [-0.15, -0.1) is 0 Å². The first-order valence-electron chi connectivity index (χ1n) is 5.72. The van der Waals surface area contributed by atoms with Crippen LogP contribution in [0.1, 0.15) is 44.7 Å². The third-order valence-electron chi connectivity index (χ3n) is 2.95. The minimum Gasteiger partial charge on any atom is -0.319 e. The topological polar surface area (TPSA) is 12.0 Å². The van der Waals surface area contributed by atoms with E-state index in [2.05, 4.69) is 57.3 Å². The summed E-state index contributed by atoms with van der Waals surface area (Å²) in [4.78, 5) is 0. The first kappa shape index (κ1) is 12.3. The Morgan fingerprint density at radius 2 is 1.93 bits per heavy atom. The molecule has 0 heterocycles. The summed E-state index contributed by atoms with van der Waals surface area (Å²) in [7, 11) is 2.01. The van der Waals surface area contributed by atoms with Gasteiger partial charge >= 0.3 is 0 Å². The van der Waals surface area contributed by atoms with Crippen LogP contribution in [0.5, 0.6) is 0 Å². The molecule has 0 spiro atoms. The Labute approximate surface area is 93.9 Å². The molecule has 0 amide bonds. The van der Waals surface area contributed by atoms with Crippen LogP contribution in [0.15, 0.2) is 24.3 Å². The van der Waals surface area contributed by atoms with E-state index in [0.717, 1.165) is 6.54 Å². The van der Waals surface area contributed by atoms with E-state index in [1.54, 1.807) is 0 Å². The number of nitrogens with one attached hydrogen (secondary N) is 1. The third kappa shape index (κ3) is 3.07. The zero-order valence-corrected chi connectivity index (χ0v) is 10.6. The van der Waals surface area contributed by atoms with Crippen molar-refractivity contribution in [3.8, 4) is 0 Å². The highest BCUT2D eigenvalue weighted by Crippen LogP contribution is 2.25. The van der Waals surface area contributed by atoms with Crippen molar-refractivity contribution in [2.75, 3.05) is 13.6 Å². The predicted octanol–water partition coefficient (Wildman–Crippen LogP) is 3.31. The van der Waals surface area contributed by atoms with E-state index in [9.17, 15) is 0 Å². The fourth-order valence-electron chi connectivity index (χ4n) is 1.86. The van der Waals surface area contributed by atoms with Crippen molar-refractivity contribution in [1.82, 2.24) is 5.32 Å². The van der Waals surface area contributed by atoms with Crippen LogP contribution < -0.4 is 5.32 Å². The van der Waals surface area contributed by atoms with Gasteiger partial charge in [0.1, 0.15) is 0 Å². The van der Waals surface area contributed by atoms with E-state index in [1.165, 1.54) is 11.1 Å². The SMILES string of the molecule is CNCC(C)(C)c1cccc(C(C)C)c1. The Balaban J connectivity index is 2.99. The monoisotopic (exact) mass is 205 g/mol. The molecule has 0 saturated heterocycles. The van der Waals surface area contributed by atoms with Gasteiger partial charge in [0.05, 0.1) is 0 Å². The van der Waals surface area contributed by atoms with Crippen molar-refractivity contribution in [3.05, 3.63) is 35.4 Å². The van der Waals surface area contributed by atoms with Gasteiger partial charge in [-0.25, -0.2) is 0 Å². The summed E-state index contributed by atoms with van der Waals surface area (Å²) >= 11 is 0. The molecule has 0 unspecified atom stereocenters. The lowest BCUT2D eigenvalue weighted by atomic mass is 9.83. The molecule has 1 N–H and O–H groups in total. The highest BCUT2D eigenvalue weighted by Gasteiger charge is 2.19. The molecule has 0 bridgehead atoms. The van der Waals surface area contributed by atoms with E-state index in [0.29, 0.717) is 5.92 Å². The average Bonchev–Trinajstić information content (AvgIpc) is 2.18. The van der Waals surface area contributed by atoms with Gasteiger partial charge in [-0.3, -0.25) is 0 Å². The van der Waals surface area contributed by atoms with E-state index >= 15 is 0 Å². The molecule has 1 rings (SSSR count). The summed E-state index contributed by atoms with van der Waals surface area (Å²) in [5.74, 6) is 0.607. The molecular formula is C14H23N. The quantitative estimate of drug-likeness (QED) is 0.795. The van der Waals surface area contributed by atoms with Gasteiger partial charge in [0.15, 0.2) is 0 Å². The maximum absolute atomic E-state index is 3.26. The van der Waals surface area contributed by atoms with E-state index < -0.39 is 0 Å². The van der Waals surface area contributed by atoms with Crippen LogP contribution in [0.4, 0.5) is 0 Å². The lowest BCUT2D eigenvalue weighted by Crippen LogP contribution is -2.30. The number of rotatable bonds is 4. The minimum atomic E-state index is 0.208. The Bertz CT molecular complexity index is 313. The predicted molar refractivity (Wildman–Crippen MR) is 67.5 cm³/mol. The second kappa shape index (κ2) is 4.80. The zero-order chi connectivity index (χ0) is 11.5. The summed E-state index contributed by atoms with van der Waals surface area (Å²) in [5.41, 5.74) is 3.05. The van der Waals surface area contributed by atoms with Crippen LogP contribution in [0.25, 0.3) is 0 Å². The zero-order valence-electron chi connectivity index (χ0n) is 10.6. The fourth-order valence-corrected chi connectivity index (χ4v) is 1.86. The second-order valence-corrected chi connectivity index (χ2v) is 5.19. The number of hydrogen-bond acceptors (Lipinski definition) is 1. The van der Waals surface area contributed by atoms with Crippen LogP contribution in [0, 0.1) is 0 Å². The molecule has 0 aliphatic carbocycles. The highest BCUT2D eigenvalue weighted by molar-refractivity contribution is 5.31. The first-order chi connectivity index (χ1) is 6.97. The molecule has 0 atom stereocenters. The van der Waals surface area contributed by atoms with Crippen LogP contribution >= 0.6 is 0 Å². The van der Waals surface area contributed by atoms with Crippen LogP contribution in [-0.4, -0.2) is 13.6 Å². The lowest BCUT2D eigenvalue weighted by molar-refractivity contribution is 0.493. The summed E-state index contributed by atoms with van der Waals surface area (Å²) in [6, 6.07) is 8.94. The number of likely N-dealkylation sites (N-methyl/N-ethyl adjacent to an activating group) is 1. The molecule has 0 fully saturated rings. The van der Waals surface area contributed by atoms with Gasteiger partial charge in [0.25, 0.3) is 0 Å². The summed E-state index contributed by atoms with van der Waals surface area (Å²) in [6.07, 6.45) is 0. The number of hydrogen-bond donors (Lipinski definition) is 1. The second-order valence-electron chi connectivity index (χ2n) is 5.19. The Morgan fingerprint density at radius 3 is 2.47 bits per heavy atom. The van der Waals surface area contributed by atoms with Gasteiger partial charge < -0.3 is 5.32 Å². The molecule has 1 nitrogen and oxygen atoms in total. The molecule has 0 radical (unpaired) electrons. The Kier molecular flexibility index (Phi) is 3.92. The van der Waals surface area contributed by atoms with E-state index in [1.807, 2.05) is 7.05 Å². The van der Waals surface area contributed by atoms with Crippen LogP contribution in [0.3, 0.4) is 0 Å². The largest absolute Gasteiger partial charge is 0.319 e.